The van der Waals surface area contributed by atoms with Crippen molar-refractivity contribution >= 4 is 28.3 Å². The van der Waals surface area contributed by atoms with E-state index in [4.69, 9.17) is 19.4 Å². The summed E-state index contributed by atoms with van der Waals surface area (Å²) >= 11 is 0. The fraction of sp³-hybridized carbons (Fsp3) is 0.548. The lowest BCUT2D eigenvalue weighted by atomic mass is 9.99. The number of aromatic amines is 1. The third kappa shape index (κ3) is 6.07. The van der Waals surface area contributed by atoms with Crippen LogP contribution in [0.15, 0.2) is 24.4 Å². The molecule has 6 rings (SSSR count). The number of hydrogen-bond acceptors (Lipinski definition) is 9. The number of halogens is 2. The number of anilines is 2. The highest BCUT2D eigenvalue weighted by Gasteiger charge is 2.43. The van der Waals surface area contributed by atoms with E-state index < -0.39 is 12.0 Å². The fourth-order valence-corrected chi connectivity index (χ4v) is 6.53. The molecular weight excluding hydrogens is 570 g/mol. The Balaban J connectivity index is 1.27. The monoisotopic (exact) mass is 610 g/mol. The Hall–Kier alpha value is -3.84. The number of likely N-dealkylation sites (N-methyl/N-ethyl adjacent to an activating group) is 1. The zero-order valence-corrected chi connectivity index (χ0v) is 25.8. The summed E-state index contributed by atoms with van der Waals surface area (Å²) in [6, 6.07) is 1.89. The van der Waals surface area contributed by atoms with E-state index in [-0.39, 0.29) is 31.5 Å². The number of carbonyl (C=O) groups is 1. The molecule has 236 valence electrons. The molecule has 1 N–H and O–H groups in total. The van der Waals surface area contributed by atoms with Gasteiger partial charge in [0.25, 0.3) is 5.92 Å². The number of likely N-dealkylation sites (tertiary alicyclic amines) is 1. The number of nitrogens with zero attached hydrogens (tertiary/aromatic N) is 7. The van der Waals surface area contributed by atoms with Gasteiger partial charge in [-0.25, -0.2) is 8.78 Å². The molecule has 0 unspecified atom stereocenters. The summed E-state index contributed by atoms with van der Waals surface area (Å²) in [6.45, 7) is 8.08. The van der Waals surface area contributed by atoms with Crippen LogP contribution in [0, 0.1) is 13.8 Å². The van der Waals surface area contributed by atoms with Crippen molar-refractivity contribution in [2.45, 2.75) is 45.2 Å². The molecule has 3 aliphatic rings. The second-order valence-electron chi connectivity index (χ2n) is 12.0. The van der Waals surface area contributed by atoms with E-state index in [0.29, 0.717) is 39.3 Å². The summed E-state index contributed by atoms with van der Waals surface area (Å²) < 4.78 is 39.2. The zero-order chi connectivity index (χ0) is 31.0. The molecule has 0 aliphatic carbocycles. The molecule has 11 nitrogen and oxygen atoms in total. The van der Waals surface area contributed by atoms with Crippen LogP contribution in [0.4, 0.5) is 20.3 Å². The number of piperazine rings is 1. The summed E-state index contributed by atoms with van der Waals surface area (Å²) in [6.07, 6.45) is 5.62. The van der Waals surface area contributed by atoms with Gasteiger partial charge in [-0.05, 0) is 44.5 Å². The molecule has 2 saturated heterocycles. The van der Waals surface area contributed by atoms with Gasteiger partial charge in [0.05, 0.1) is 42.8 Å². The smallest absolute Gasteiger partial charge is 0.318 e. The number of aromatic nitrogens is 4. The number of nitrogens with one attached hydrogen (secondary N) is 1. The molecule has 13 heteroatoms. The number of rotatable bonds is 8. The number of methoxy groups -OCH3 is 1. The van der Waals surface area contributed by atoms with Crippen LogP contribution in [0.25, 0.3) is 10.9 Å². The zero-order valence-electron chi connectivity index (χ0n) is 25.8. The summed E-state index contributed by atoms with van der Waals surface area (Å²) in [4.78, 5) is 30.3. The van der Waals surface area contributed by atoms with Crippen LogP contribution in [0.1, 0.15) is 28.8 Å². The molecule has 1 atom stereocenters. The second kappa shape index (κ2) is 12.3. The summed E-state index contributed by atoms with van der Waals surface area (Å²) in [5.41, 5.74) is 6.41. The van der Waals surface area contributed by atoms with Gasteiger partial charge in [-0.3, -0.25) is 14.8 Å². The quantitative estimate of drug-likeness (QED) is 0.386. The lowest BCUT2D eigenvalue weighted by Crippen LogP contribution is -2.49. The van der Waals surface area contributed by atoms with E-state index in [2.05, 4.69) is 39.9 Å². The molecule has 44 heavy (non-hydrogen) atoms. The Bertz CT molecular complexity index is 1550. The Kier molecular flexibility index (Phi) is 8.42. The van der Waals surface area contributed by atoms with Gasteiger partial charge in [-0.1, -0.05) is 6.08 Å². The molecule has 3 aromatic rings. The van der Waals surface area contributed by atoms with Gasteiger partial charge in [0.15, 0.2) is 0 Å². The number of benzene rings is 1. The first-order valence-corrected chi connectivity index (χ1v) is 15.1. The lowest BCUT2D eigenvalue weighted by molar-refractivity contribution is -0.126. The predicted octanol–water partition coefficient (Wildman–Crippen LogP) is 3.10. The van der Waals surface area contributed by atoms with Crippen LogP contribution in [-0.4, -0.2) is 114 Å². The first-order chi connectivity index (χ1) is 21.1. The van der Waals surface area contributed by atoms with E-state index in [0.717, 1.165) is 46.6 Å². The van der Waals surface area contributed by atoms with Gasteiger partial charge in [0.1, 0.15) is 12.4 Å². The number of amides is 1. The molecule has 2 fully saturated rings. The van der Waals surface area contributed by atoms with Crippen molar-refractivity contribution in [2.24, 2.45) is 0 Å². The largest absolute Gasteiger partial charge is 0.462 e. The molecule has 3 aliphatic heterocycles. The minimum atomic E-state index is -2.73. The van der Waals surface area contributed by atoms with E-state index in [1.807, 2.05) is 11.1 Å². The molecule has 0 bridgehead atoms. The minimum absolute atomic E-state index is 0.0392. The molecule has 0 spiro atoms. The maximum Gasteiger partial charge on any atom is 0.318 e. The molecule has 1 aromatic carbocycles. The minimum Gasteiger partial charge on any atom is -0.462 e. The van der Waals surface area contributed by atoms with Crippen molar-refractivity contribution in [2.75, 3.05) is 76.4 Å². The van der Waals surface area contributed by atoms with Crippen molar-refractivity contribution in [3.63, 3.8) is 0 Å². The van der Waals surface area contributed by atoms with E-state index in [1.165, 1.54) is 11.1 Å². The van der Waals surface area contributed by atoms with E-state index >= 15 is 0 Å². The maximum atomic E-state index is 14.0. The average molecular weight is 611 g/mol. The number of ether oxygens (including phenoxy) is 2. The number of H-pyrrole nitrogens is 1. The predicted molar refractivity (Wildman–Crippen MR) is 164 cm³/mol. The first kappa shape index (κ1) is 30.2. The van der Waals surface area contributed by atoms with Gasteiger partial charge < -0.3 is 24.2 Å². The molecule has 0 radical (unpaired) electrons. The standard InChI is InChI=1S/C31H40F2N8O3/c1-20-14-25-24(16-34-37-25)28(21(20)2)41-8-7-23-26(17-41)35-30(44-18-22-15-31(32,33)19-38(22)3)36-29(23)40-11-9-39(10-12-40)27(42)6-5-13-43-4/h5-6,14,16,22H,7-13,15,17-19H2,1-4H3,(H,34,37)/b6-5+/t22-/m0/s1. The average Bonchev–Trinajstić information content (AvgIpc) is 3.57. The Labute approximate surface area is 255 Å². The van der Waals surface area contributed by atoms with E-state index in [1.54, 1.807) is 31.2 Å². The molecule has 5 heterocycles. The van der Waals surface area contributed by atoms with Crippen molar-refractivity contribution in [1.29, 1.82) is 0 Å². The number of aryl methyl sites for hydroxylation is 1. The van der Waals surface area contributed by atoms with Crippen LogP contribution in [0.3, 0.4) is 0 Å². The van der Waals surface area contributed by atoms with Crippen LogP contribution in [0.2, 0.25) is 0 Å². The summed E-state index contributed by atoms with van der Waals surface area (Å²) in [5.74, 6) is -1.97. The summed E-state index contributed by atoms with van der Waals surface area (Å²) in [5, 5.41) is 8.45. The number of carbonyl (C=O) groups excluding carboxylic acids is 1. The third-order valence-electron chi connectivity index (χ3n) is 9.03. The van der Waals surface area contributed by atoms with Crippen LogP contribution in [0.5, 0.6) is 6.01 Å². The Morgan fingerprint density at radius 2 is 1.95 bits per heavy atom. The Morgan fingerprint density at radius 1 is 1.16 bits per heavy atom. The molecule has 2 aromatic heterocycles. The molecular formula is C31H40F2N8O3. The SMILES string of the molecule is COC/C=C/C(=O)N1CCN(c2nc(OC[C@@H]3CC(F)(F)CN3C)nc3c2CCN(c2c(C)c(C)cc4[nH]ncc24)C3)CC1. The van der Waals surface area contributed by atoms with Crippen LogP contribution >= 0.6 is 0 Å². The summed E-state index contributed by atoms with van der Waals surface area (Å²) in [7, 11) is 3.28. The fourth-order valence-electron chi connectivity index (χ4n) is 6.53. The van der Waals surface area contributed by atoms with Crippen molar-refractivity contribution in [3.8, 4) is 6.01 Å². The maximum absolute atomic E-state index is 14.0. The van der Waals surface area contributed by atoms with Gasteiger partial charge in [-0.2, -0.15) is 15.1 Å². The number of alkyl halides is 2. The molecule has 1 amide bonds. The number of hydrogen-bond donors (Lipinski definition) is 1. The highest BCUT2D eigenvalue weighted by molar-refractivity contribution is 5.94. The second-order valence-corrected chi connectivity index (χ2v) is 12.0. The topological polar surface area (TPSA) is 103 Å². The highest BCUT2D eigenvalue weighted by atomic mass is 19.3. The van der Waals surface area contributed by atoms with Crippen molar-refractivity contribution in [1.82, 2.24) is 30.0 Å². The van der Waals surface area contributed by atoms with Crippen LogP contribution < -0.4 is 14.5 Å². The van der Waals surface area contributed by atoms with Gasteiger partial charge in [-0.15, -0.1) is 0 Å². The molecule has 0 saturated carbocycles. The van der Waals surface area contributed by atoms with Crippen LogP contribution in [-0.2, 0) is 22.5 Å². The van der Waals surface area contributed by atoms with Crippen molar-refractivity contribution in [3.05, 3.63) is 46.8 Å². The Morgan fingerprint density at radius 3 is 2.68 bits per heavy atom. The first-order valence-electron chi connectivity index (χ1n) is 15.1. The highest BCUT2D eigenvalue weighted by Crippen LogP contribution is 2.37. The third-order valence-corrected chi connectivity index (χ3v) is 9.03. The van der Waals surface area contributed by atoms with Gasteiger partial charge >= 0.3 is 6.01 Å². The number of fused-ring (bicyclic) bond motifs is 2. The van der Waals surface area contributed by atoms with Gasteiger partial charge in [0, 0.05) is 69.3 Å². The lowest BCUT2D eigenvalue weighted by Gasteiger charge is -2.38. The van der Waals surface area contributed by atoms with E-state index in [9.17, 15) is 13.6 Å². The van der Waals surface area contributed by atoms with Crippen molar-refractivity contribution < 1.29 is 23.0 Å². The van der Waals surface area contributed by atoms with Gasteiger partial charge in [0.2, 0.25) is 5.91 Å². The normalized spacial score (nSPS) is 20.6.